The number of carbonyl (C=O) groups excluding carboxylic acids is 1. The van der Waals surface area contributed by atoms with Gasteiger partial charge in [0.05, 0.1) is 5.69 Å². The maximum atomic E-state index is 11.4. The molecule has 6 nitrogen and oxygen atoms in total. The van der Waals surface area contributed by atoms with Crippen molar-refractivity contribution in [2.75, 3.05) is 13.1 Å². The number of aryl methyl sites for hydroxylation is 1. The highest BCUT2D eigenvalue weighted by Crippen LogP contribution is 2.09. The number of carbonyl (C=O) groups is 1. The highest BCUT2D eigenvalue weighted by atomic mass is 16.6. The Morgan fingerprint density at radius 3 is 2.68 bits per heavy atom. The lowest BCUT2D eigenvalue weighted by atomic mass is 10.2. The standard InChI is InChI=1S/C13H24N4O2/c1-10(11-6-7-16-17(11)5)14-8-9-15-12(18)19-13(2,3)4/h6-7,10,14H,8-9H2,1-5H3,(H,15,18). The van der Waals surface area contributed by atoms with E-state index in [1.807, 2.05) is 38.6 Å². The normalized spacial score (nSPS) is 13.1. The molecule has 1 amide bonds. The summed E-state index contributed by atoms with van der Waals surface area (Å²) in [5.74, 6) is 0. The average molecular weight is 268 g/mol. The van der Waals surface area contributed by atoms with Crippen molar-refractivity contribution in [2.45, 2.75) is 39.3 Å². The van der Waals surface area contributed by atoms with Gasteiger partial charge in [-0.15, -0.1) is 0 Å². The number of nitrogens with zero attached hydrogens (tertiary/aromatic N) is 2. The minimum atomic E-state index is -0.459. The largest absolute Gasteiger partial charge is 0.444 e. The van der Waals surface area contributed by atoms with Crippen LogP contribution in [0.3, 0.4) is 0 Å². The summed E-state index contributed by atoms with van der Waals surface area (Å²) < 4.78 is 6.98. The number of hydrogen-bond acceptors (Lipinski definition) is 4. The minimum Gasteiger partial charge on any atom is -0.444 e. The number of rotatable bonds is 5. The lowest BCUT2D eigenvalue weighted by Crippen LogP contribution is -2.37. The van der Waals surface area contributed by atoms with Crippen molar-refractivity contribution in [3.05, 3.63) is 18.0 Å². The molecule has 0 aliphatic heterocycles. The molecule has 1 aromatic heterocycles. The smallest absolute Gasteiger partial charge is 0.407 e. The van der Waals surface area contributed by atoms with E-state index in [1.54, 1.807) is 6.20 Å². The Bertz CT molecular complexity index is 409. The fourth-order valence-electron chi connectivity index (χ4n) is 1.68. The molecule has 6 heteroatoms. The SMILES string of the molecule is CC(NCCNC(=O)OC(C)(C)C)c1ccnn1C. The molecule has 0 saturated heterocycles. The second-order valence-corrected chi connectivity index (χ2v) is 5.48. The molecular weight excluding hydrogens is 244 g/mol. The Hall–Kier alpha value is -1.56. The molecule has 2 N–H and O–H groups in total. The van der Waals surface area contributed by atoms with Gasteiger partial charge in [0.25, 0.3) is 0 Å². The van der Waals surface area contributed by atoms with E-state index in [0.717, 1.165) is 5.69 Å². The Balaban J connectivity index is 2.21. The molecule has 0 aliphatic rings. The molecule has 1 unspecified atom stereocenters. The number of aromatic nitrogens is 2. The van der Waals surface area contributed by atoms with Crippen LogP contribution in [-0.2, 0) is 11.8 Å². The first-order chi connectivity index (χ1) is 8.79. The monoisotopic (exact) mass is 268 g/mol. The summed E-state index contributed by atoms with van der Waals surface area (Å²) in [5.41, 5.74) is 0.650. The van der Waals surface area contributed by atoms with Crippen molar-refractivity contribution < 1.29 is 9.53 Å². The number of nitrogens with one attached hydrogen (secondary N) is 2. The number of amides is 1. The molecule has 1 aromatic rings. The molecule has 0 saturated carbocycles. The van der Waals surface area contributed by atoms with Crippen molar-refractivity contribution in [1.82, 2.24) is 20.4 Å². The first kappa shape index (κ1) is 15.5. The van der Waals surface area contributed by atoms with Gasteiger partial charge < -0.3 is 15.4 Å². The summed E-state index contributed by atoms with van der Waals surface area (Å²) in [5, 5.41) is 10.1. The first-order valence-electron chi connectivity index (χ1n) is 6.48. The summed E-state index contributed by atoms with van der Waals surface area (Å²) in [6, 6.07) is 2.16. The van der Waals surface area contributed by atoms with Gasteiger partial charge in [-0.3, -0.25) is 4.68 Å². The molecule has 0 fully saturated rings. The summed E-state index contributed by atoms with van der Waals surface area (Å²) in [4.78, 5) is 11.4. The molecule has 1 heterocycles. The second-order valence-electron chi connectivity index (χ2n) is 5.48. The van der Waals surface area contributed by atoms with Gasteiger partial charge >= 0.3 is 6.09 Å². The van der Waals surface area contributed by atoms with Gasteiger partial charge in [0.2, 0.25) is 0 Å². The van der Waals surface area contributed by atoms with Crippen LogP contribution in [0.25, 0.3) is 0 Å². The van der Waals surface area contributed by atoms with Crippen LogP contribution in [0.4, 0.5) is 4.79 Å². The highest BCUT2D eigenvalue weighted by Gasteiger charge is 2.15. The number of ether oxygens (including phenoxy) is 1. The van der Waals surface area contributed by atoms with Crippen molar-refractivity contribution in [3.63, 3.8) is 0 Å². The van der Waals surface area contributed by atoms with E-state index in [2.05, 4.69) is 22.7 Å². The summed E-state index contributed by atoms with van der Waals surface area (Å²) in [6.45, 7) is 8.78. The van der Waals surface area contributed by atoms with Crippen LogP contribution in [0, 0.1) is 0 Å². The van der Waals surface area contributed by atoms with Crippen LogP contribution < -0.4 is 10.6 Å². The lowest BCUT2D eigenvalue weighted by Gasteiger charge is -2.20. The molecule has 0 bridgehead atoms. The Labute approximate surface area is 114 Å². The third kappa shape index (κ3) is 5.74. The summed E-state index contributed by atoms with van der Waals surface area (Å²) >= 11 is 0. The zero-order chi connectivity index (χ0) is 14.5. The fourth-order valence-corrected chi connectivity index (χ4v) is 1.68. The fraction of sp³-hybridized carbons (Fsp3) is 0.692. The maximum Gasteiger partial charge on any atom is 0.407 e. The van der Waals surface area contributed by atoms with E-state index in [1.165, 1.54) is 0 Å². The number of alkyl carbamates (subject to hydrolysis) is 1. The van der Waals surface area contributed by atoms with Gasteiger partial charge in [0.15, 0.2) is 0 Å². The van der Waals surface area contributed by atoms with Crippen LogP contribution in [-0.4, -0.2) is 34.6 Å². The molecule has 1 atom stereocenters. The molecule has 108 valence electrons. The van der Waals surface area contributed by atoms with Crippen molar-refractivity contribution in [2.24, 2.45) is 7.05 Å². The van der Waals surface area contributed by atoms with E-state index >= 15 is 0 Å². The van der Waals surface area contributed by atoms with Gasteiger partial charge in [-0.05, 0) is 33.8 Å². The summed E-state index contributed by atoms with van der Waals surface area (Å²) in [6.07, 6.45) is 1.38. The van der Waals surface area contributed by atoms with Crippen molar-refractivity contribution >= 4 is 6.09 Å². The third-order valence-electron chi connectivity index (χ3n) is 2.55. The van der Waals surface area contributed by atoms with Crippen LogP contribution >= 0.6 is 0 Å². The van der Waals surface area contributed by atoms with E-state index in [-0.39, 0.29) is 12.1 Å². The van der Waals surface area contributed by atoms with E-state index in [9.17, 15) is 4.79 Å². The molecule has 0 spiro atoms. The van der Waals surface area contributed by atoms with Crippen molar-refractivity contribution in [1.29, 1.82) is 0 Å². The van der Waals surface area contributed by atoms with Gasteiger partial charge in [0, 0.05) is 32.4 Å². The zero-order valence-corrected chi connectivity index (χ0v) is 12.4. The molecule has 1 rings (SSSR count). The molecule has 0 aliphatic carbocycles. The van der Waals surface area contributed by atoms with Gasteiger partial charge in [-0.25, -0.2) is 4.79 Å². The topological polar surface area (TPSA) is 68.2 Å². The van der Waals surface area contributed by atoms with E-state index in [4.69, 9.17) is 4.74 Å². The highest BCUT2D eigenvalue weighted by molar-refractivity contribution is 5.67. The van der Waals surface area contributed by atoms with E-state index in [0.29, 0.717) is 13.1 Å². The van der Waals surface area contributed by atoms with Gasteiger partial charge in [0.1, 0.15) is 5.60 Å². The zero-order valence-electron chi connectivity index (χ0n) is 12.4. The molecule has 0 radical (unpaired) electrons. The predicted octanol–water partition coefficient (Wildman–Crippen LogP) is 1.60. The average Bonchev–Trinajstić information content (AvgIpc) is 2.68. The van der Waals surface area contributed by atoms with Crippen LogP contribution in [0.15, 0.2) is 12.3 Å². The number of hydrogen-bond donors (Lipinski definition) is 2. The predicted molar refractivity (Wildman–Crippen MR) is 73.9 cm³/mol. The Morgan fingerprint density at radius 1 is 1.47 bits per heavy atom. The van der Waals surface area contributed by atoms with Crippen LogP contribution in [0.2, 0.25) is 0 Å². The van der Waals surface area contributed by atoms with Crippen LogP contribution in [0.5, 0.6) is 0 Å². The third-order valence-corrected chi connectivity index (χ3v) is 2.55. The van der Waals surface area contributed by atoms with Gasteiger partial charge in [-0.2, -0.15) is 5.10 Å². The first-order valence-corrected chi connectivity index (χ1v) is 6.48. The van der Waals surface area contributed by atoms with Crippen LogP contribution in [0.1, 0.15) is 39.4 Å². The van der Waals surface area contributed by atoms with Gasteiger partial charge in [-0.1, -0.05) is 0 Å². The van der Waals surface area contributed by atoms with E-state index < -0.39 is 5.60 Å². The Kier molecular flexibility index (Phi) is 5.35. The molecule has 0 aromatic carbocycles. The maximum absolute atomic E-state index is 11.4. The second kappa shape index (κ2) is 6.56. The van der Waals surface area contributed by atoms with Crippen molar-refractivity contribution in [3.8, 4) is 0 Å². The quantitative estimate of drug-likeness (QED) is 0.796. The lowest BCUT2D eigenvalue weighted by molar-refractivity contribution is 0.0528. The minimum absolute atomic E-state index is 0.188. The summed E-state index contributed by atoms with van der Waals surface area (Å²) in [7, 11) is 1.91. The Morgan fingerprint density at radius 2 is 2.16 bits per heavy atom. The molecular formula is C13H24N4O2. The molecule has 19 heavy (non-hydrogen) atoms.